The third-order valence-electron chi connectivity index (χ3n) is 2.57. The van der Waals surface area contributed by atoms with Crippen molar-refractivity contribution >= 4 is 5.78 Å². The van der Waals surface area contributed by atoms with Crippen molar-refractivity contribution in [3.05, 3.63) is 17.7 Å². The molecule has 88 valence electrons. The fourth-order valence-corrected chi connectivity index (χ4v) is 1.89. The Hall–Kier alpha value is -1.36. The van der Waals surface area contributed by atoms with Crippen molar-refractivity contribution < 1.29 is 0 Å². The van der Waals surface area contributed by atoms with Gasteiger partial charge in [0, 0.05) is 19.0 Å². The van der Waals surface area contributed by atoms with Gasteiger partial charge in [-0.3, -0.25) is 4.57 Å². The number of fused-ring (bicyclic) bond motifs is 1. The highest BCUT2D eigenvalue weighted by atomic mass is 15.4. The third-order valence-corrected chi connectivity index (χ3v) is 2.57. The van der Waals surface area contributed by atoms with Gasteiger partial charge in [-0.2, -0.15) is 5.10 Å². The summed E-state index contributed by atoms with van der Waals surface area (Å²) in [5, 5.41) is 7.66. The number of imidazole rings is 1. The minimum Gasteiger partial charge on any atom is -0.314 e. The maximum atomic E-state index is 4.58. The molecule has 5 nitrogen and oxygen atoms in total. The van der Waals surface area contributed by atoms with Gasteiger partial charge in [0.25, 0.3) is 0 Å². The molecule has 0 amide bonds. The lowest BCUT2D eigenvalue weighted by atomic mass is 9.96. The first-order valence-electron chi connectivity index (χ1n) is 5.49. The van der Waals surface area contributed by atoms with Crippen molar-refractivity contribution in [2.45, 2.75) is 32.7 Å². The second kappa shape index (κ2) is 3.59. The number of aromatic nitrogens is 4. The van der Waals surface area contributed by atoms with Crippen molar-refractivity contribution in [1.29, 1.82) is 0 Å². The minimum atomic E-state index is 0.0403. The first-order chi connectivity index (χ1) is 7.43. The topological polar surface area (TPSA) is 47.1 Å². The lowest BCUT2D eigenvalue weighted by Gasteiger charge is -2.16. The zero-order valence-electron chi connectivity index (χ0n) is 10.6. The van der Waals surface area contributed by atoms with Crippen molar-refractivity contribution in [3.8, 4) is 0 Å². The summed E-state index contributed by atoms with van der Waals surface area (Å²) in [6.07, 6.45) is 1.97. The molecule has 0 unspecified atom stereocenters. The predicted molar refractivity (Wildman–Crippen MR) is 63.4 cm³/mol. The Morgan fingerprint density at radius 2 is 2.06 bits per heavy atom. The van der Waals surface area contributed by atoms with Gasteiger partial charge in [-0.05, 0) is 7.05 Å². The fraction of sp³-hybridized carbons (Fsp3) is 0.636. The minimum absolute atomic E-state index is 0.0403. The number of nitrogens with zero attached hydrogens (tertiary/aromatic N) is 4. The van der Waals surface area contributed by atoms with E-state index in [4.69, 9.17) is 0 Å². The molecule has 1 N–H and O–H groups in total. The summed E-state index contributed by atoms with van der Waals surface area (Å²) < 4.78 is 3.91. The summed E-state index contributed by atoms with van der Waals surface area (Å²) in [6.45, 7) is 7.24. The van der Waals surface area contributed by atoms with Gasteiger partial charge in [0.15, 0.2) is 0 Å². The molecule has 0 fully saturated rings. The summed E-state index contributed by atoms with van der Waals surface area (Å²) >= 11 is 0. The van der Waals surface area contributed by atoms with Crippen LogP contribution in [0.5, 0.6) is 0 Å². The van der Waals surface area contributed by atoms with Gasteiger partial charge in [0.05, 0.1) is 11.9 Å². The van der Waals surface area contributed by atoms with Gasteiger partial charge < -0.3 is 5.32 Å². The smallest absolute Gasteiger partial charge is 0.232 e. The quantitative estimate of drug-likeness (QED) is 0.825. The monoisotopic (exact) mass is 221 g/mol. The molecule has 0 spiro atoms. The normalized spacial score (nSPS) is 12.6. The zero-order chi connectivity index (χ0) is 11.9. The molecule has 0 radical (unpaired) electrons. The van der Waals surface area contributed by atoms with Gasteiger partial charge in [0.2, 0.25) is 5.78 Å². The van der Waals surface area contributed by atoms with E-state index >= 15 is 0 Å². The highest BCUT2D eigenvalue weighted by molar-refractivity contribution is 5.33. The van der Waals surface area contributed by atoms with Gasteiger partial charge in [-0.15, -0.1) is 0 Å². The molecule has 0 bridgehead atoms. The second-order valence-electron chi connectivity index (χ2n) is 5.14. The van der Waals surface area contributed by atoms with Crippen molar-refractivity contribution in [3.63, 3.8) is 0 Å². The highest BCUT2D eigenvalue weighted by Crippen LogP contribution is 2.21. The van der Waals surface area contributed by atoms with Crippen LogP contribution in [0.25, 0.3) is 5.78 Å². The molecule has 0 aliphatic carbocycles. The van der Waals surface area contributed by atoms with Gasteiger partial charge in [-0.1, -0.05) is 20.8 Å². The zero-order valence-corrected chi connectivity index (χ0v) is 10.6. The molecular weight excluding hydrogens is 202 g/mol. The predicted octanol–water partition coefficient (Wildman–Crippen LogP) is 1.08. The SMILES string of the molecule is CNCc1cn2nc(C(C)(C)C)n(C)c2n1. The summed E-state index contributed by atoms with van der Waals surface area (Å²) in [5.41, 5.74) is 1.06. The van der Waals surface area contributed by atoms with Crippen LogP contribution in [0.15, 0.2) is 6.20 Å². The third kappa shape index (κ3) is 1.71. The van der Waals surface area contributed by atoms with Crippen LogP contribution in [0.2, 0.25) is 0 Å². The maximum absolute atomic E-state index is 4.58. The molecule has 0 saturated heterocycles. The summed E-state index contributed by atoms with van der Waals surface area (Å²) in [6, 6.07) is 0. The number of nitrogens with one attached hydrogen (secondary N) is 1. The van der Waals surface area contributed by atoms with Crippen LogP contribution in [0.4, 0.5) is 0 Å². The summed E-state index contributed by atoms with van der Waals surface area (Å²) in [7, 11) is 3.93. The Bertz CT molecular complexity index is 500. The number of hydrogen-bond donors (Lipinski definition) is 1. The van der Waals surface area contributed by atoms with E-state index in [-0.39, 0.29) is 5.41 Å². The molecular formula is C11H19N5. The summed E-state index contributed by atoms with van der Waals surface area (Å²) in [4.78, 5) is 4.54. The van der Waals surface area contributed by atoms with E-state index in [1.165, 1.54) is 0 Å². The standard InChI is InChI=1S/C11H19N5/c1-11(2,3)9-14-16-7-8(6-12-4)13-10(16)15(9)5/h7,12H,6H2,1-5H3. The molecule has 16 heavy (non-hydrogen) atoms. The Balaban J connectivity index is 2.51. The van der Waals surface area contributed by atoms with Crippen molar-refractivity contribution in [2.24, 2.45) is 7.05 Å². The Morgan fingerprint density at radius 1 is 1.38 bits per heavy atom. The first-order valence-corrected chi connectivity index (χ1v) is 5.49. The number of rotatable bonds is 2. The first kappa shape index (κ1) is 11.1. The van der Waals surface area contributed by atoms with E-state index in [9.17, 15) is 0 Å². The Kier molecular flexibility index (Phi) is 2.50. The van der Waals surface area contributed by atoms with Crippen molar-refractivity contribution in [1.82, 2.24) is 24.5 Å². The van der Waals surface area contributed by atoms with Gasteiger partial charge >= 0.3 is 0 Å². The van der Waals surface area contributed by atoms with E-state index < -0.39 is 0 Å². The molecule has 0 aliphatic rings. The highest BCUT2D eigenvalue weighted by Gasteiger charge is 2.22. The Morgan fingerprint density at radius 3 is 2.56 bits per heavy atom. The molecule has 0 aliphatic heterocycles. The average molecular weight is 221 g/mol. The summed E-state index contributed by atoms with van der Waals surface area (Å²) in [5.74, 6) is 1.95. The van der Waals surface area contributed by atoms with E-state index in [2.05, 4.69) is 40.7 Å². The van der Waals surface area contributed by atoms with Crippen LogP contribution in [-0.2, 0) is 19.0 Å². The molecule has 2 heterocycles. The molecule has 2 rings (SSSR count). The van der Waals surface area contributed by atoms with Crippen LogP contribution in [0.3, 0.4) is 0 Å². The fourth-order valence-electron chi connectivity index (χ4n) is 1.89. The largest absolute Gasteiger partial charge is 0.314 e. The van der Waals surface area contributed by atoms with E-state index in [1.54, 1.807) is 0 Å². The number of hydrogen-bond acceptors (Lipinski definition) is 3. The van der Waals surface area contributed by atoms with E-state index in [0.717, 1.165) is 23.8 Å². The van der Waals surface area contributed by atoms with E-state index in [1.807, 2.05) is 24.8 Å². The lowest BCUT2D eigenvalue weighted by Crippen LogP contribution is -2.17. The lowest BCUT2D eigenvalue weighted by molar-refractivity contribution is 0.519. The van der Waals surface area contributed by atoms with Crippen LogP contribution >= 0.6 is 0 Å². The maximum Gasteiger partial charge on any atom is 0.232 e. The van der Waals surface area contributed by atoms with Crippen LogP contribution < -0.4 is 5.32 Å². The molecule has 0 aromatic carbocycles. The molecule has 2 aromatic rings. The van der Waals surface area contributed by atoms with E-state index in [0.29, 0.717) is 0 Å². The van der Waals surface area contributed by atoms with Crippen LogP contribution in [0, 0.1) is 0 Å². The second-order valence-corrected chi connectivity index (χ2v) is 5.14. The molecule has 2 aromatic heterocycles. The van der Waals surface area contributed by atoms with Gasteiger partial charge in [-0.25, -0.2) is 9.50 Å². The van der Waals surface area contributed by atoms with Crippen LogP contribution in [0.1, 0.15) is 32.3 Å². The molecule has 0 saturated carbocycles. The molecule has 0 atom stereocenters. The van der Waals surface area contributed by atoms with Gasteiger partial charge in [0.1, 0.15) is 5.82 Å². The Labute approximate surface area is 95.5 Å². The molecule has 5 heteroatoms. The van der Waals surface area contributed by atoms with Crippen LogP contribution in [-0.4, -0.2) is 26.2 Å². The average Bonchev–Trinajstić information content (AvgIpc) is 2.66. The number of aryl methyl sites for hydroxylation is 1. The van der Waals surface area contributed by atoms with Crippen molar-refractivity contribution in [2.75, 3.05) is 7.05 Å².